The van der Waals surface area contributed by atoms with Gasteiger partial charge >= 0.3 is 0 Å². The molecule has 0 N–H and O–H groups in total. The van der Waals surface area contributed by atoms with E-state index < -0.39 is 0 Å². The van der Waals surface area contributed by atoms with Gasteiger partial charge in [0.25, 0.3) is 5.95 Å². The molecule has 6 heteroatoms. The second-order valence-corrected chi connectivity index (χ2v) is 3.06. The van der Waals surface area contributed by atoms with Gasteiger partial charge in [-0.2, -0.15) is 4.68 Å². The molecule has 1 aliphatic rings. The smallest absolute Gasteiger partial charge is 0.253 e. The van der Waals surface area contributed by atoms with Gasteiger partial charge < -0.3 is 0 Å². The Bertz CT molecular complexity index is 453. The van der Waals surface area contributed by atoms with E-state index in [0.29, 0.717) is 0 Å². The molecule has 0 radical (unpaired) electrons. The molecule has 0 spiro atoms. The van der Waals surface area contributed by atoms with Crippen LogP contribution in [-0.2, 0) is 13.0 Å². The van der Waals surface area contributed by atoms with Gasteiger partial charge in [-0.25, -0.2) is 4.98 Å². The van der Waals surface area contributed by atoms with Crippen molar-refractivity contribution in [2.45, 2.75) is 19.9 Å². The van der Waals surface area contributed by atoms with Gasteiger partial charge in [-0.15, -0.1) is 15.3 Å². The van der Waals surface area contributed by atoms with E-state index in [4.69, 9.17) is 0 Å². The summed E-state index contributed by atoms with van der Waals surface area (Å²) < 4.78 is 3.73. The first-order valence-corrected chi connectivity index (χ1v) is 4.15. The van der Waals surface area contributed by atoms with Crippen molar-refractivity contribution in [1.29, 1.82) is 0 Å². The highest BCUT2D eigenvalue weighted by Gasteiger charge is 2.19. The summed E-state index contributed by atoms with van der Waals surface area (Å²) in [6.07, 6.45) is 2.61. The van der Waals surface area contributed by atoms with Crippen LogP contribution in [-0.4, -0.2) is 29.5 Å². The van der Waals surface area contributed by atoms with Crippen LogP contribution in [0.5, 0.6) is 0 Å². The lowest BCUT2D eigenvalue weighted by molar-refractivity contribution is 0.565. The lowest BCUT2D eigenvalue weighted by Crippen LogP contribution is -2.18. The Morgan fingerprint density at radius 2 is 2.38 bits per heavy atom. The van der Waals surface area contributed by atoms with E-state index in [2.05, 4.69) is 20.3 Å². The molecule has 0 bridgehead atoms. The minimum absolute atomic E-state index is 0.766. The van der Waals surface area contributed by atoms with Crippen LogP contribution in [0.1, 0.15) is 11.6 Å². The molecule has 0 saturated heterocycles. The zero-order valence-corrected chi connectivity index (χ0v) is 7.17. The molecule has 0 aliphatic carbocycles. The third kappa shape index (κ3) is 0.822. The third-order valence-corrected chi connectivity index (χ3v) is 2.14. The standard InChI is InChI=1S/C7H8N6/c1-5-9-6-2-3-12-4-8-10-7(12)13(6)11-5/h4H,2-3H2,1H3. The van der Waals surface area contributed by atoms with Gasteiger partial charge in [0, 0.05) is 13.0 Å². The van der Waals surface area contributed by atoms with E-state index in [0.717, 1.165) is 30.6 Å². The van der Waals surface area contributed by atoms with Crippen LogP contribution in [0.15, 0.2) is 6.33 Å². The van der Waals surface area contributed by atoms with Crippen molar-refractivity contribution in [2.75, 3.05) is 0 Å². The second kappa shape index (κ2) is 2.15. The number of fused-ring (bicyclic) bond motifs is 3. The van der Waals surface area contributed by atoms with Crippen LogP contribution in [0, 0.1) is 6.92 Å². The summed E-state index contributed by atoms with van der Waals surface area (Å²) in [5.41, 5.74) is 0. The molecule has 0 unspecified atom stereocenters. The normalized spacial score (nSPS) is 13.9. The van der Waals surface area contributed by atoms with E-state index in [1.165, 1.54) is 0 Å². The fourth-order valence-electron chi connectivity index (χ4n) is 1.57. The van der Waals surface area contributed by atoms with Crippen molar-refractivity contribution < 1.29 is 0 Å². The zero-order valence-electron chi connectivity index (χ0n) is 7.17. The lowest BCUT2D eigenvalue weighted by atomic mass is 10.3. The zero-order chi connectivity index (χ0) is 8.84. The molecule has 13 heavy (non-hydrogen) atoms. The van der Waals surface area contributed by atoms with Crippen molar-refractivity contribution >= 4 is 0 Å². The molecule has 0 atom stereocenters. The summed E-state index contributed by atoms with van der Waals surface area (Å²) in [6.45, 7) is 2.77. The monoisotopic (exact) mass is 176 g/mol. The van der Waals surface area contributed by atoms with Crippen LogP contribution in [0.4, 0.5) is 0 Å². The van der Waals surface area contributed by atoms with Crippen LogP contribution >= 0.6 is 0 Å². The number of nitrogens with zero attached hydrogens (tertiary/aromatic N) is 6. The van der Waals surface area contributed by atoms with Gasteiger partial charge in [-0.3, -0.25) is 4.57 Å². The minimum Gasteiger partial charge on any atom is -0.298 e. The Labute approximate surface area is 74.2 Å². The molecule has 66 valence electrons. The number of rotatable bonds is 0. The summed E-state index contributed by atoms with van der Waals surface area (Å²) in [4.78, 5) is 4.30. The van der Waals surface area contributed by atoms with E-state index >= 15 is 0 Å². The van der Waals surface area contributed by atoms with Gasteiger partial charge in [0.1, 0.15) is 18.0 Å². The van der Waals surface area contributed by atoms with E-state index in [1.54, 1.807) is 11.0 Å². The third-order valence-electron chi connectivity index (χ3n) is 2.14. The fraction of sp³-hybridized carbons (Fsp3) is 0.429. The van der Waals surface area contributed by atoms with Crippen LogP contribution < -0.4 is 0 Å². The highest BCUT2D eigenvalue weighted by molar-refractivity contribution is 5.15. The highest BCUT2D eigenvalue weighted by atomic mass is 15.5. The molecule has 0 saturated carbocycles. The molecule has 3 heterocycles. The Balaban J connectivity index is 2.29. The van der Waals surface area contributed by atoms with Gasteiger partial charge in [-0.05, 0) is 6.92 Å². The molecule has 3 rings (SSSR count). The van der Waals surface area contributed by atoms with Crippen LogP contribution in [0.3, 0.4) is 0 Å². The highest BCUT2D eigenvalue weighted by Crippen LogP contribution is 2.13. The summed E-state index contributed by atoms with van der Waals surface area (Å²) in [5, 5.41) is 12.1. The maximum Gasteiger partial charge on any atom is 0.253 e. The lowest BCUT2D eigenvalue weighted by Gasteiger charge is -2.12. The predicted molar refractivity (Wildman–Crippen MR) is 43.4 cm³/mol. The topological polar surface area (TPSA) is 61.4 Å². The van der Waals surface area contributed by atoms with Gasteiger partial charge in [0.05, 0.1) is 0 Å². The SMILES string of the molecule is Cc1nc2n(n1)-c1nncn1CC2. The number of hydrogen-bond donors (Lipinski definition) is 0. The average molecular weight is 176 g/mol. The average Bonchev–Trinajstić information content (AvgIpc) is 2.65. The van der Waals surface area contributed by atoms with E-state index in [9.17, 15) is 0 Å². The van der Waals surface area contributed by atoms with Crippen molar-refractivity contribution in [3.8, 4) is 5.95 Å². The van der Waals surface area contributed by atoms with Gasteiger partial charge in [-0.1, -0.05) is 0 Å². The molecular weight excluding hydrogens is 168 g/mol. The van der Waals surface area contributed by atoms with Crippen molar-refractivity contribution in [3.05, 3.63) is 18.0 Å². The summed E-state index contributed by atoms with van der Waals surface area (Å²) >= 11 is 0. The predicted octanol–water partition coefficient (Wildman–Crippen LogP) is -0.277. The molecule has 0 fully saturated rings. The quantitative estimate of drug-likeness (QED) is 0.554. The first-order valence-electron chi connectivity index (χ1n) is 4.15. The van der Waals surface area contributed by atoms with E-state index in [1.807, 2.05) is 11.5 Å². The van der Waals surface area contributed by atoms with Crippen molar-refractivity contribution in [3.63, 3.8) is 0 Å². The van der Waals surface area contributed by atoms with Crippen LogP contribution in [0.2, 0.25) is 0 Å². The molecule has 6 nitrogen and oxygen atoms in total. The molecule has 0 aromatic carbocycles. The maximum absolute atomic E-state index is 4.30. The van der Waals surface area contributed by atoms with Gasteiger partial charge in [0.15, 0.2) is 0 Å². The summed E-state index contributed by atoms with van der Waals surface area (Å²) in [5.74, 6) is 2.52. The maximum atomic E-state index is 4.30. The number of hydrogen-bond acceptors (Lipinski definition) is 4. The Morgan fingerprint density at radius 3 is 3.31 bits per heavy atom. The van der Waals surface area contributed by atoms with Gasteiger partial charge in [0.2, 0.25) is 0 Å². The summed E-state index contributed by atoms with van der Waals surface area (Å²) in [7, 11) is 0. The molecular formula is C7H8N6. The van der Waals surface area contributed by atoms with Crippen LogP contribution in [0.25, 0.3) is 5.95 Å². The Kier molecular flexibility index (Phi) is 1.12. The first kappa shape index (κ1) is 6.76. The molecule has 2 aromatic rings. The molecule has 0 amide bonds. The second-order valence-electron chi connectivity index (χ2n) is 3.06. The first-order chi connectivity index (χ1) is 6.34. The molecule has 1 aliphatic heterocycles. The molecule has 2 aromatic heterocycles. The van der Waals surface area contributed by atoms with E-state index in [-0.39, 0.29) is 0 Å². The van der Waals surface area contributed by atoms with Crippen molar-refractivity contribution in [1.82, 2.24) is 29.5 Å². The Morgan fingerprint density at radius 1 is 1.46 bits per heavy atom. The number of aryl methyl sites for hydroxylation is 3. The van der Waals surface area contributed by atoms with Crippen molar-refractivity contribution in [2.24, 2.45) is 0 Å². The summed E-state index contributed by atoms with van der Waals surface area (Å²) in [6, 6.07) is 0. The largest absolute Gasteiger partial charge is 0.298 e. The fourth-order valence-corrected chi connectivity index (χ4v) is 1.57. The minimum atomic E-state index is 0.766. The Hall–Kier alpha value is -1.72. The number of aromatic nitrogens is 6.